The van der Waals surface area contributed by atoms with E-state index in [1.165, 1.54) is 44.2 Å². The van der Waals surface area contributed by atoms with Crippen LogP contribution < -0.4 is 5.32 Å². The summed E-state index contributed by atoms with van der Waals surface area (Å²) in [6.07, 6.45) is 6.65. The minimum Gasteiger partial charge on any atom is -0.313 e. The van der Waals surface area contributed by atoms with Crippen LogP contribution in [0.25, 0.3) is 0 Å². The quantitative estimate of drug-likeness (QED) is 0.880. The Morgan fingerprint density at radius 2 is 2.00 bits per heavy atom. The van der Waals surface area contributed by atoms with Crippen LogP contribution in [0, 0.1) is 0 Å². The summed E-state index contributed by atoms with van der Waals surface area (Å²) in [5.41, 5.74) is 1.19. The monoisotopic (exact) mass is 312 g/mol. The Hall–Kier alpha value is -0.280. The Kier molecular flexibility index (Phi) is 4.87. The minimum atomic E-state index is 0.649. The first-order valence-electron chi connectivity index (χ1n) is 7.64. The van der Waals surface area contributed by atoms with E-state index in [0.29, 0.717) is 11.1 Å². The molecular weight excluding hydrogens is 291 g/mol. The van der Waals surface area contributed by atoms with Gasteiger partial charge in [-0.3, -0.25) is 4.90 Å². The maximum Gasteiger partial charge on any atom is 0.0465 e. The molecule has 20 heavy (non-hydrogen) atoms. The molecule has 0 amide bonds. The number of rotatable bonds is 5. The second kappa shape index (κ2) is 6.65. The van der Waals surface area contributed by atoms with E-state index in [1.54, 1.807) is 0 Å². The highest BCUT2D eigenvalue weighted by Gasteiger charge is 2.31. The predicted octanol–water partition coefficient (Wildman–Crippen LogP) is 4.10. The molecule has 1 heterocycles. The summed E-state index contributed by atoms with van der Waals surface area (Å²) in [7, 11) is 0. The molecule has 1 aromatic rings. The summed E-state index contributed by atoms with van der Waals surface area (Å²) < 4.78 is 0. The van der Waals surface area contributed by atoms with Gasteiger partial charge < -0.3 is 5.32 Å². The van der Waals surface area contributed by atoms with Gasteiger partial charge in [-0.1, -0.05) is 35.7 Å². The zero-order valence-corrected chi connectivity index (χ0v) is 13.3. The number of nitrogens with zero attached hydrogens (tertiary/aromatic N) is 1. The van der Waals surface area contributed by atoms with E-state index in [1.807, 2.05) is 12.1 Å². The van der Waals surface area contributed by atoms with Gasteiger partial charge in [0.25, 0.3) is 0 Å². The van der Waals surface area contributed by atoms with Gasteiger partial charge in [0, 0.05) is 35.2 Å². The average Bonchev–Trinajstić information content (AvgIpc) is 3.26. The fourth-order valence-corrected chi connectivity index (χ4v) is 3.48. The first-order valence-corrected chi connectivity index (χ1v) is 8.39. The van der Waals surface area contributed by atoms with E-state index in [9.17, 15) is 0 Å². The molecule has 2 aliphatic rings. The zero-order valence-electron chi connectivity index (χ0n) is 11.7. The van der Waals surface area contributed by atoms with Gasteiger partial charge in [0.2, 0.25) is 0 Å². The van der Waals surface area contributed by atoms with Crippen LogP contribution in [0.1, 0.15) is 37.7 Å². The molecule has 0 spiro atoms. The summed E-state index contributed by atoms with van der Waals surface area (Å²) in [6.45, 7) is 3.26. The van der Waals surface area contributed by atoms with Gasteiger partial charge in [-0.05, 0) is 49.9 Å². The molecule has 0 bridgehead atoms. The van der Waals surface area contributed by atoms with Crippen LogP contribution in [0.3, 0.4) is 0 Å². The largest absolute Gasteiger partial charge is 0.313 e. The maximum absolute atomic E-state index is 6.31. The fourth-order valence-electron chi connectivity index (χ4n) is 3.01. The van der Waals surface area contributed by atoms with Crippen molar-refractivity contribution < 1.29 is 0 Å². The van der Waals surface area contributed by atoms with Crippen molar-refractivity contribution in [1.82, 2.24) is 10.2 Å². The Labute approximate surface area is 131 Å². The number of nitrogens with one attached hydrogen (secondary N) is 1. The molecule has 0 radical (unpaired) electrons. The smallest absolute Gasteiger partial charge is 0.0465 e. The topological polar surface area (TPSA) is 15.3 Å². The number of piperidine rings is 1. The van der Waals surface area contributed by atoms with Gasteiger partial charge in [-0.2, -0.15) is 0 Å². The highest BCUT2D eigenvalue weighted by molar-refractivity contribution is 6.35. The summed E-state index contributed by atoms with van der Waals surface area (Å²) in [4.78, 5) is 2.60. The molecule has 3 rings (SSSR count). The van der Waals surface area contributed by atoms with Crippen LogP contribution in [0.4, 0.5) is 0 Å². The van der Waals surface area contributed by atoms with Crippen molar-refractivity contribution in [1.29, 1.82) is 0 Å². The van der Waals surface area contributed by atoms with Crippen LogP contribution in [-0.2, 0) is 6.54 Å². The molecule has 2 fully saturated rings. The second-order valence-corrected chi connectivity index (χ2v) is 6.89. The van der Waals surface area contributed by atoms with E-state index in [-0.39, 0.29) is 0 Å². The Morgan fingerprint density at radius 1 is 1.15 bits per heavy atom. The molecule has 1 atom stereocenters. The first-order chi connectivity index (χ1) is 9.72. The summed E-state index contributed by atoms with van der Waals surface area (Å²) >= 11 is 12.3. The third-order valence-electron chi connectivity index (χ3n) is 4.32. The molecule has 1 N–H and O–H groups in total. The van der Waals surface area contributed by atoms with E-state index >= 15 is 0 Å². The Balaban J connectivity index is 1.64. The lowest BCUT2D eigenvalue weighted by molar-refractivity contribution is 0.208. The molecule has 4 heteroatoms. The maximum atomic E-state index is 6.31. The van der Waals surface area contributed by atoms with Crippen LogP contribution in [0.15, 0.2) is 18.2 Å². The standard InChI is InChI=1S/C16H22Cl2N2/c17-13-5-4-12(16(18)9-13)10-20(15-6-7-15)11-14-3-1-2-8-19-14/h4-5,9,14-15,19H,1-3,6-8,10-11H2. The van der Waals surface area contributed by atoms with Gasteiger partial charge in [0.05, 0.1) is 0 Å². The molecule has 1 saturated heterocycles. The van der Waals surface area contributed by atoms with Crippen LogP contribution in [-0.4, -0.2) is 30.1 Å². The average molecular weight is 313 g/mol. The summed E-state index contributed by atoms with van der Waals surface area (Å²) in [5.74, 6) is 0. The van der Waals surface area contributed by atoms with Crippen molar-refractivity contribution in [2.24, 2.45) is 0 Å². The second-order valence-electron chi connectivity index (χ2n) is 6.04. The van der Waals surface area contributed by atoms with Gasteiger partial charge in [0.1, 0.15) is 0 Å². The molecule has 1 aliphatic carbocycles. The van der Waals surface area contributed by atoms with Crippen molar-refractivity contribution in [2.75, 3.05) is 13.1 Å². The molecule has 110 valence electrons. The third-order valence-corrected chi connectivity index (χ3v) is 4.91. The molecule has 1 unspecified atom stereocenters. The molecular formula is C16H22Cl2N2. The summed E-state index contributed by atoms with van der Waals surface area (Å²) in [6, 6.07) is 7.25. The first kappa shape index (κ1) is 14.6. The molecule has 2 nitrogen and oxygen atoms in total. The fraction of sp³-hybridized carbons (Fsp3) is 0.625. The molecule has 1 aliphatic heterocycles. The predicted molar refractivity (Wildman–Crippen MR) is 85.5 cm³/mol. The van der Waals surface area contributed by atoms with E-state index in [0.717, 1.165) is 24.2 Å². The minimum absolute atomic E-state index is 0.649. The Bertz CT molecular complexity index is 454. The normalized spacial score (nSPS) is 23.2. The van der Waals surface area contributed by atoms with Gasteiger partial charge in [-0.15, -0.1) is 0 Å². The highest BCUT2D eigenvalue weighted by atomic mass is 35.5. The molecule has 0 aromatic heterocycles. The lowest BCUT2D eigenvalue weighted by Gasteiger charge is -2.31. The van der Waals surface area contributed by atoms with E-state index < -0.39 is 0 Å². The zero-order chi connectivity index (χ0) is 13.9. The lowest BCUT2D eigenvalue weighted by Crippen LogP contribution is -2.44. The van der Waals surface area contributed by atoms with Crippen molar-refractivity contribution in [3.8, 4) is 0 Å². The van der Waals surface area contributed by atoms with Gasteiger partial charge in [-0.25, -0.2) is 0 Å². The van der Waals surface area contributed by atoms with Gasteiger partial charge in [0.15, 0.2) is 0 Å². The number of hydrogen-bond acceptors (Lipinski definition) is 2. The van der Waals surface area contributed by atoms with Crippen LogP contribution in [0.5, 0.6) is 0 Å². The number of halogens is 2. The van der Waals surface area contributed by atoms with Crippen molar-refractivity contribution in [2.45, 2.75) is 50.7 Å². The highest BCUT2D eigenvalue weighted by Crippen LogP contribution is 2.31. The lowest BCUT2D eigenvalue weighted by atomic mass is 10.0. The van der Waals surface area contributed by atoms with Crippen LogP contribution >= 0.6 is 23.2 Å². The third kappa shape index (κ3) is 3.88. The van der Waals surface area contributed by atoms with Crippen molar-refractivity contribution >= 4 is 23.2 Å². The van der Waals surface area contributed by atoms with E-state index in [2.05, 4.69) is 16.3 Å². The number of hydrogen-bond donors (Lipinski definition) is 1. The number of benzene rings is 1. The van der Waals surface area contributed by atoms with Crippen LogP contribution in [0.2, 0.25) is 10.0 Å². The molecule has 1 saturated carbocycles. The Morgan fingerprint density at radius 3 is 2.65 bits per heavy atom. The SMILES string of the molecule is Clc1ccc(CN(CC2CCCCN2)C2CC2)c(Cl)c1. The molecule has 1 aromatic carbocycles. The van der Waals surface area contributed by atoms with E-state index in [4.69, 9.17) is 23.2 Å². The van der Waals surface area contributed by atoms with Gasteiger partial charge >= 0.3 is 0 Å². The van der Waals surface area contributed by atoms with Crippen molar-refractivity contribution in [3.63, 3.8) is 0 Å². The van der Waals surface area contributed by atoms with Crippen molar-refractivity contribution in [3.05, 3.63) is 33.8 Å². The summed E-state index contributed by atoms with van der Waals surface area (Å²) in [5, 5.41) is 5.15.